The first kappa shape index (κ1) is 24.4. The molecule has 0 saturated heterocycles. The standard InChI is InChI=1S/C28H48N2O2/c1-18(29(5)6)25-23(32)16-28(4)22-11-10-21-19(15-20(22)13-14-27(25,28)3)9-12-24(30(7)8)26(21,2)17-31/h13,15,18,21-25,31-32H,9-12,14,16-17H2,1-8H3. The van der Waals surface area contributed by atoms with Crippen molar-refractivity contribution in [2.45, 2.75) is 84.4 Å². The van der Waals surface area contributed by atoms with Crippen LogP contribution in [0.1, 0.15) is 66.2 Å². The van der Waals surface area contributed by atoms with Crippen LogP contribution in [-0.4, -0.2) is 73.0 Å². The number of hydrogen-bond acceptors (Lipinski definition) is 4. The molecule has 4 nitrogen and oxygen atoms in total. The molecule has 0 aromatic rings. The van der Waals surface area contributed by atoms with Crippen LogP contribution in [0.4, 0.5) is 0 Å². The van der Waals surface area contributed by atoms with E-state index in [4.69, 9.17) is 0 Å². The number of hydrogen-bond donors (Lipinski definition) is 2. The Kier molecular flexibility index (Phi) is 6.28. The summed E-state index contributed by atoms with van der Waals surface area (Å²) in [6.07, 6.45) is 11.4. The first-order valence-electron chi connectivity index (χ1n) is 12.9. The third-order valence-electron chi connectivity index (χ3n) is 11.1. The Morgan fingerprint density at radius 2 is 1.69 bits per heavy atom. The predicted molar refractivity (Wildman–Crippen MR) is 132 cm³/mol. The first-order valence-corrected chi connectivity index (χ1v) is 12.9. The van der Waals surface area contributed by atoms with E-state index in [0.29, 0.717) is 29.8 Å². The summed E-state index contributed by atoms with van der Waals surface area (Å²) in [5.41, 5.74) is 3.20. The van der Waals surface area contributed by atoms with Gasteiger partial charge in [-0.3, -0.25) is 0 Å². The number of rotatable bonds is 4. The molecule has 0 bridgehead atoms. The van der Waals surface area contributed by atoms with Crippen molar-refractivity contribution < 1.29 is 10.2 Å². The molecule has 0 amide bonds. The highest BCUT2D eigenvalue weighted by Gasteiger charge is 2.64. The summed E-state index contributed by atoms with van der Waals surface area (Å²) < 4.78 is 0. The summed E-state index contributed by atoms with van der Waals surface area (Å²) in [5, 5.41) is 21.9. The van der Waals surface area contributed by atoms with Gasteiger partial charge in [0.25, 0.3) is 0 Å². The average Bonchev–Trinajstić information content (AvgIpc) is 2.84. The van der Waals surface area contributed by atoms with Crippen LogP contribution >= 0.6 is 0 Å². The maximum atomic E-state index is 11.3. The third kappa shape index (κ3) is 3.31. The zero-order valence-corrected chi connectivity index (χ0v) is 21.9. The summed E-state index contributed by atoms with van der Waals surface area (Å²) in [6.45, 7) is 9.81. The monoisotopic (exact) mass is 444 g/mol. The van der Waals surface area contributed by atoms with Crippen LogP contribution in [0.2, 0.25) is 0 Å². The number of aliphatic hydroxyl groups is 2. The number of aliphatic hydroxyl groups excluding tert-OH is 2. The zero-order chi connectivity index (χ0) is 23.6. The Balaban J connectivity index is 1.71. The minimum atomic E-state index is -0.242. The fourth-order valence-corrected chi connectivity index (χ4v) is 8.93. The van der Waals surface area contributed by atoms with Crippen LogP contribution in [0, 0.1) is 34.0 Å². The van der Waals surface area contributed by atoms with Crippen LogP contribution in [0.25, 0.3) is 0 Å². The van der Waals surface area contributed by atoms with Crippen molar-refractivity contribution >= 4 is 0 Å². The molecule has 0 aromatic heterocycles. The number of nitrogens with zero attached hydrogens (tertiary/aromatic N) is 2. The van der Waals surface area contributed by atoms with Gasteiger partial charge in [0, 0.05) is 23.4 Å². The summed E-state index contributed by atoms with van der Waals surface area (Å²) >= 11 is 0. The molecule has 0 spiro atoms. The van der Waals surface area contributed by atoms with Gasteiger partial charge in [-0.2, -0.15) is 0 Å². The average molecular weight is 445 g/mol. The van der Waals surface area contributed by atoms with Gasteiger partial charge < -0.3 is 20.0 Å². The zero-order valence-electron chi connectivity index (χ0n) is 21.9. The van der Waals surface area contributed by atoms with Crippen LogP contribution < -0.4 is 0 Å². The van der Waals surface area contributed by atoms with E-state index in [0.717, 1.165) is 38.5 Å². The minimum absolute atomic E-state index is 0.0942. The Labute approximate surface area is 196 Å². The minimum Gasteiger partial charge on any atom is -0.396 e. The molecule has 0 radical (unpaired) electrons. The van der Waals surface area contributed by atoms with Crippen LogP contribution in [0.15, 0.2) is 23.3 Å². The Bertz CT molecular complexity index is 788. The van der Waals surface area contributed by atoms with E-state index in [1.165, 1.54) is 5.57 Å². The second kappa shape index (κ2) is 8.22. The van der Waals surface area contributed by atoms with Crippen LogP contribution in [-0.2, 0) is 0 Å². The molecule has 9 unspecified atom stereocenters. The maximum absolute atomic E-state index is 11.3. The molecule has 4 aliphatic rings. The molecule has 2 saturated carbocycles. The molecular formula is C28H48N2O2. The van der Waals surface area contributed by atoms with E-state index in [1.807, 2.05) is 0 Å². The van der Waals surface area contributed by atoms with E-state index >= 15 is 0 Å². The number of fused-ring (bicyclic) bond motifs is 4. The van der Waals surface area contributed by atoms with Gasteiger partial charge >= 0.3 is 0 Å². The second-order valence-corrected chi connectivity index (χ2v) is 12.8. The lowest BCUT2D eigenvalue weighted by Crippen LogP contribution is -2.52. The molecule has 2 N–H and O–H groups in total. The first-order chi connectivity index (χ1) is 14.9. The Hall–Kier alpha value is -0.680. The largest absolute Gasteiger partial charge is 0.396 e. The molecule has 0 heterocycles. The van der Waals surface area contributed by atoms with E-state index in [9.17, 15) is 10.2 Å². The molecule has 32 heavy (non-hydrogen) atoms. The molecular weight excluding hydrogens is 396 g/mol. The Morgan fingerprint density at radius 3 is 2.28 bits per heavy atom. The topological polar surface area (TPSA) is 46.9 Å². The molecule has 4 aliphatic carbocycles. The van der Waals surface area contributed by atoms with Gasteiger partial charge in [0.15, 0.2) is 0 Å². The van der Waals surface area contributed by atoms with Crippen molar-refractivity contribution in [2.24, 2.45) is 34.0 Å². The lowest BCUT2D eigenvalue weighted by atomic mass is 9.51. The lowest BCUT2D eigenvalue weighted by Gasteiger charge is -2.53. The Morgan fingerprint density at radius 1 is 1.03 bits per heavy atom. The molecule has 4 rings (SSSR count). The fraction of sp³-hybridized carbons (Fsp3) is 0.857. The van der Waals surface area contributed by atoms with E-state index in [-0.39, 0.29) is 29.0 Å². The molecule has 0 aromatic carbocycles. The van der Waals surface area contributed by atoms with E-state index < -0.39 is 0 Å². The van der Waals surface area contributed by atoms with Gasteiger partial charge in [-0.1, -0.05) is 38.5 Å². The highest BCUT2D eigenvalue weighted by molar-refractivity contribution is 5.38. The maximum Gasteiger partial charge on any atom is 0.0594 e. The summed E-state index contributed by atoms with van der Waals surface area (Å²) in [4.78, 5) is 4.63. The SMILES string of the molecule is CC(C1C(O)CC2(C)C3CCC4C(=CC3=CCC12C)CCC(N(C)C)C4(C)CO)N(C)C. The van der Waals surface area contributed by atoms with Crippen molar-refractivity contribution in [2.75, 3.05) is 34.8 Å². The van der Waals surface area contributed by atoms with Gasteiger partial charge in [-0.15, -0.1) is 0 Å². The molecule has 182 valence electrons. The highest BCUT2D eigenvalue weighted by Crippen LogP contribution is 2.68. The summed E-state index contributed by atoms with van der Waals surface area (Å²) in [6, 6.07) is 0.778. The van der Waals surface area contributed by atoms with Gasteiger partial charge in [-0.25, -0.2) is 0 Å². The highest BCUT2D eigenvalue weighted by atomic mass is 16.3. The van der Waals surface area contributed by atoms with Crippen LogP contribution in [0.3, 0.4) is 0 Å². The van der Waals surface area contributed by atoms with E-state index in [1.54, 1.807) is 5.57 Å². The normalized spacial score (nSPS) is 47.3. The summed E-state index contributed by atoms with van der Waals surface area (Å²) in [5.74, 6) is 1.23. The predicted octanol–water partition coefficient (Wildman–Crippen LogP) is 4.34. The molecule has 4 heteroatoms. The summed E-state index contributed by atoms with van der Waals surface area (Å²) in [7, 11) is 8.64. The quantitative estimate of drug-likeness (QED) is 0.677. The molecule has 0 aliphatic heterocycles. The van der Waals surface area contributed by atoms with Crippen molar-refractivity contribution in [3.63, 3.8) is 0 Å². The number of allylic oxidation sites excluding steroid dienone is 4. The van der Waals surface area contributed by atoms with Gasteiger partial charge in [0.1, 0.15) is 0 Å². The van der Waals surface area contributed by atoms with Gasteiger partial charge in [0.05, 0.1) is 12.7 Å². The van der Waals surface area contributed by atoms with Gasteiger partial charge in [-0.05, 0) is 102 Å². The smallest absolute Gasteiger partial charge is 0.0594 e. The second-order valence-electron chi connectivity index (χ2n) is 12.8. The third-order valence-corrected chi connectivity index (χ3v) is 11.1. The van der Waals surface area contributed by atoms with Crippen molar-refractivity contribution in [1.82, 2.24) is 9.80 Å². The van der Waals surface area contributed by atoms with Crippen molar-refractivity contribution in [1.29, 1.82) is 0 Å². The fourth-order valence-electron chi connectivity index (χ4n) is 8.93. The molecule has 9 atom stereocenters. The van der Waals surface area contributed by atoms with Gasteiger partial charge in [0.2, 0.25) is 0 Å². The molecule has 2 fully saturated rings. The van der Waals surface area contributed by atoms with E-state index in [2.05, 4.69) is 77.8 Å². The van der Waals surface area contributed by atoms with Crippen molar-refractivity contribution in [3.05, 3.63) is 23.3 Å². The lowest BCUT2D eigenvalue weighted by molar-refractivity contribution is -0.0297. The van der Waals surface area contributed by atoms with Crippen LogP contribution in [0.5, 0.6) is 0 Å². The van der Waals surface area contributed by atoms with Crippen molar-refractivity contribution in [3.8, 4) is 0 Å².